The van der Waals surface area contributed by atoms with Crippen molar-refractivity contribution in [2.75, 3.05) is 19.8 Å². The van der Waals surface area contributed by atoms with Gasteiger partial charge in [0.1, 0.15) is 17.5 Å². The van der Waals surface area contributed by atoms with Crippen molar-refractivity contribution in [1.82, 2.24) is 0 Å². The fourth-order valence-corrected chi connectivity index (χ4v) is 3.76. The van der Waals surface area contributed by atoms with Crippen molar-refractivity contribution in [2.24, 2.45) is 5.73 Å². The number of benzene rings is 2. The van der Waals surface area contributed by atoms with Gasteiger partial charge in [-0.25, -0.2) is 4.57 Å². The summed E-state index contributed by atoms with van der Waals surface area (Å²) in [5.41, 5.74) is 7.19. The van der Waals surface area contributed by atoms with Crippen LogP contribution >= 0.6 is 7.82 Å². The summed E-state index contributed by atoms with van der Waals surface area (Å²) in [6, 6.07) is 13.9. The molecule has 11 heteroatoms. The van der Waals surface area contributed by atoms with Gasteiger partial charge >= 0.3 is 19.8 Å². The minimum atomic E-state index is -4.45. The number of phosphoric acid groups is 1. The topological polar surface area (TPSA) is 155 Å². The molecule has 0 spiro atoms. The summed E-state index contributed by atoms with van der Waals surface area (Å²) in [5.74, 6) is -0.431. The van der Waals surface area contributed by atoms with Gasteiger partial charge in [0, 0.05) is 12.8 Å². The first kappa shape index (κ1) is 29.5. The minimum Gasteiger partial charge on any atom is -0.480 e. The van der Waals surface area contributed by atoms with E-state index < -0.39 is 32.4 Å². The molecule has 198 valence electrons. The minimum absolute atomic E-state index is 0.0112. The van der Waals surface area contributed by atoms with Crippen molar-refractivity contribution in [3.8, 4) is 11.5 Å². The Bertz CT molecular complexity index is 1070. The molecule has 0 bridgehead atoms. The standard InChI is InChI=1S/C25H34NO9P/c1-25(2,3)19-9-6-10-20(16-19)35-22-11-5-4-8-18(22)12-13-23(27)32-14-7-15-33-36(30,31)34-17-21(26)24(28)29/h4-6,8-11,16,21H,7,12-15,17,26H2,1-3H3,(H,28,29)(H,30,31)/t21-/m0/s1. The number of carboxylic acids is 1. The van der Waals surface area contributed by atoms with E-state index in [0.717, 1.165) is 11.1 Å². The molecule has 0 aliphatic rings. The summed E-state index contributed by atoms with van der Waals surface area (Å²) in [4.78, 5) is 32.2. The summed E-state index contributed by atoms with van der Waals surface area (Å²) in [5, 5.41) is 8.64. The molecule has 0 aromatic heterocycles. The molecule has 0 fully saturated rings. The number of carbonyl (C=O) groups is 2. The van der Waals surface area contributed by atoms with E-state index >= 15 is 0 Å². The quantitative estimate of drug-likeness (QED) is 0.186. The Labute approximate surface area is 210 Å². The number of hydrogen-bond acceptors (Lipinski definition) is 8. The third kappa shape index (κ3) is 10.5. The summed E-state index contributed by atoms with van der Waals surface area (Å²) in [6.07, 6.45) is 0.681. The number of esters is 1. The number of rotatable bonds is 14. The Morgan fingerprint density at radius 2 is 1.78 bits per heavy atom. The fourth-order valence-electron chi connectivity index (χ4n) is 2.98. The molecule has 2 aromatic carbocycles. The normalized spacial score (nSPS) is 14.0. The van der Waals surface area contributed by atoms with Crippen LogP contribution in [0.5, 0.6) is 11.5 Å². The van der Waals surface area contributed by atoms with E-state index in [-0.39, 0.29) is 31.5 Å². The highest BCUT2D eigenvalue weighted by atomic mass is 31.2. The molecule has 0 heterocycles. The highest BCUT2D eigenvalue weighted by Crippen LogP contribution is 2.43. The molecule has 10 nitrogen and oxygen atoms in total. The highest BCUT2D eigenvalue weighted by molar-refractivity contribution is 7.47. The number of para-hydroxylation sites is 1. The first-order chi connectivity index (χ1) is 16.9. The van der Waals surface area contributed by atoms with Gasteiger partial charge in [0.05, 0.1) is 19.8 Å². The van der Waals surface area contributed by atoms with Gasteiger partial charge in [-0.2, -0.15) is 0 Å². The number of carboxylic acid groups (broad SMARTS) is 1. The van der Waals surface area contributed by atoms with Crippen LogP contribution in [0.1, 0.15) is 44.7 Å². The first-order valence-corrected chi connectivity index (χ1v) is 13.0. The van der Waals surface area contributed by atoms with Crippen LogP contribution in [0.15, 0.2) is 48.5 Å². The molecule has 0 aliphatic carbocycles. The van der Waals surface area contributed by atoms with E-state index in [1.807, 2.05) is 42.5 Å². The van der Waals surface area contributed by atoms with E-state index in [2.05, 4.69) is 31.4 Å². The van der Waals surface area contributed by atoms with Crippen LogP contribution < -0.4 is 10.5 Å². The van der Waals surface area contributed by atoms with E-state index in [4.69, 9.17) is 24.8 Å². The maximum Gasteiger partial charge on any atom is 0.472 e. The van der Waals surface area contributed by atoms with Crippen molar-refractivity contribution < 1.29 is 42.7 Å². The van der Waals surface area contributed by atoms with Crippen molar-refractivity contribution in [1.29, 1.82) is 0 Å². The number of nitrogens with two attached hydrogens (primary N) is 1. The second kappa shape index (κ2) is 13.5. The van der Waals surface area contributed by atoms with Gasteiger partial charge in [-0.05, 0) is 41.2 Å². The van der Waals surface area contributed by atoms with Crippen molar-refractivity contribution >= 4 is 19.8 Å². The SMILES string of the molecule is CC(C)(C)c1cccc(Oc2ccccc2CCC(=O)OCCCOP(=O)(O)OC[C@H](N)C(=O)O)c1. The second-order valence-electron chi connectivity index (χ2n) is 9.10. The van der Waals surface area contributed by atoms with Crippen molar-refractivity contribution in [3.63, 3.8) is 0 Å². The summed E-state index contributed by atoms with van der Waals surface area (Å²) < 4.78 is 32.1. The largest absolute Gasteiger partial charge is 0.480 e. The molecule has 0 radical (unpaired) electrons. The number of ether oxygens (including phenoxy) is 2. The smallest absolute Gasteiger partial charge is 0.472 e. The molecule has 0 aliphatic heterocycles. The fraction of sp³-hybridized carbons (Fsp3) is 0.440. The molecular weight excluding hydrogens is 489 g/mol. The molecule has 2 atom stereocenters. The van der Waals surface area contributed by atoms with Crippen LogP contribution in [-0.2, 0) is 39.8 Å². The van der Waals surface area contributed by atoms with Gasteiger partial charge in [-0.15, -0.1) is 0 Å². The number of aryl methyl sites for hydroxylation is 1. The number of hydrogen-bond donors (Lipinski definition) is 3. The zero-order valence-electron chi connectivity index (χ0n) is 20.7. The second-order valence-corrected chi connectivity index (χ2v) is 10.6. The lowest BCUT2D eigenvalue weighted by molar-refractivity contribution is -0.143. The Balaban J connectivity index is 1.76. The zero-order valence-corrected chi connectivity index (χ0v) is 21.6. The first-order valence-electron chi connectivity index (χ1n) is 11.5. The zero-order chi connectivity index (χ0) is 26.8. The van der Waals surface area contributed by atoms with E-state index in [1.54, 1.807) is 0 Å². The average Bonchev–Trinajstić information content (AvgIpc) is 2.81. The van der Waals surface area contributed by atoms with E-state index in [9.17, 15) is 19.0 Å². The summed E-state index contributed by atoms with van der Waals surface area (Å²) >= 11 is 0. The molecule has 1 unspecified atom stereocenters. The molecule has 2 aromatic rings. The van der Waals surface area contributed by atoms with Crippen LogP contribution in [0.25, 0.3) is 0 Å². The van der Waals surface area contributed by atoms with E-state index in [1.165, 1.54) is 0 Å². The van der Waals surface area contributed by atoms with Crippen LogP contribution in [0.4, 0.5) is 0 Å². The number of phosphoric ester groups is 1. The van der Waals surface area contributed by atoms with Crippen LogP contribution in [0, 0.1) is 0 Å². The lowest BCUT2D eigenvalue weighted by Crippen LogP contribution is -2.34. The monoisotopic (exact) mass is 523 g/mol. The Morgan fingerprint density at radius 3 is 2.47 bits per heavy atom. The lowest BCUT2D eigenvalue weighted by Gasteiger charge is -2.20. The predicted molar refractivity (Wildman–Crippen MR) is 133 cm³/mol. The molecular formula is C25H34NO9P. The van der Waals surface area contributed by atoms with Gasteiger partial charge in [0.15, 0.2) is 0 Å². The van der Waals surface area contributed by atoms with Crippen molar-refractivity contribution in [3.05, 3.63) is 59.7 Å². The third-order valence-corrected chi connectivity index (χ3v) is 6.02. The predicted octanol–water partition coefficient (Wildman–Crippen LogP) is 4.19. The van der Waals surface area contributed by atoms with Crippen molar-refractivity contribution in [2.45, 2.75) is 51.5 Å². The van der Waals surface area contributed by atoms with E-state index in [0.29, 0.717) is 17.9 Å². The molecule has 0 amide bonds. The molecule has 0 saturated heterocycles. The van der Waals surface area contributed by atoms with Crippen LogP contribution in [-0.4, -0.2) is 47.8 Å². The molecule has 4 N–H and O–H groups in total. The maximum atomic E-state index is 12.1. The van der Waals surface area contributed by atoms with Gasteiger partial charge < -0.3 is 25.2 Å². The molecule has 2 rings (SSSR count). The maximum absolute atomic E-state index is 12.1. The Hall–Kier alpha value is -2.75. The van der Waals surface area contributed by atoms with Gasteiger partial charge in [-0.3, -0.25) is 18.6 Å². The molecule has 36 heavy (non-hydrogen) atoms. The molecule has 0 saturated carbocycles. The summed E-state index contributed by atoms with van der Waals surface area (Å²) in [6.45, 7) is 5.47. The third-order valence-electron chi connectivity index (χ3n) is 5.04. The van der Waals surface area contributed by atoms with Gasteiger partial charge in [0.25, 0.3) is 0 Å². The number of aliphatic carboxylic acids is 1. The van der Waals surface area contributed by atoms with Crippen LogP contribution in [0.2, 0.25) is 0 Å². The van der Waals surface area contributed by atoms with Gasteiger partial charge in [-0.1, -0.05) is 51.1 Å². The number of carbonyl (C=O) groups excluding carboxylic acids is 1. The Kier molecular flexibility index (Phi) is 11.1. The lowest BCUT2D eigenvalue weighted by atomic mass is 9.87. The highest BCUT2D eigenvalue weighted by Gasteiger charge is 2.24. The average molecular weight is 524 g/mol. The van der Waals surface area contributed by atoms with Crippen LogP contribution in [0.3, 0.4) is 0 Å². The van der Waals surface area contributed by atoms with Gasteiger partial charge in [0.2, 0.25) is 0 Å². The Morgan fingerprint density at radius 1 is 1.06 bits per heavy atom. The summed E-state index contributed by atoms with van der Waals surface area (Å²) in [7, 11) is -4.45.